The van der Waals surface area contributed by atoms with Gasteiger partial charge in [0, 0.05) is 31.1 Å². The highest BCUT2D eigenvalue weighted by Gasteiger charge is 2.30. The van der Waals surface area contributed by atoms with Crippen LogP contribution >= 0.6 is 0 Å². The molecule has 8 N–H and O–H groups in total. The quantitative estimate of drug-likeness (QED) is 0.104. The molecule has 0 unspecified atom stereocenters. The van der Waals surface area contributed by atoms with E-state index in [0.29, 0.717) is 29.0 Å². The first-order chi connectivity index (χ1) is 23.9. The lowest BCUT2D eigenvalue weighted by Crippen LogP contribution is -2.44. The van der Waals surface area contributed by atoms with Gasteiger partial charge in [-0.2, -0.15) is 9.97 Å². The van der Waals surface area contributed by atoms with Crippen LogP contribution in [0.15, 0.2) is 48.7 Å². The lowest BCUT2D eigenvalue weighted by atomic mass is 9.93. The fourth-order valence-electron chi connectivity index (χ4n) is 5.93. The number of aliphatic carboxylic acids is 2. The number of carbonyl (C=O) groups is 4. The number of rotatable bonds is 14. The maximum absolute atomic E-state index is 13.2. The van der Waals surface area contributed by atoms with Gasteiger partial charge in [0.05, 0.1) is 18.4 Å². The summed E-state index contributed by atoms with van der Waals surface area (Å²) in [6, 6.07) is 9.75. The van der Waals surface area contributed by atoms with Gasteiger partial charge in [-0.05, 0) is 66.6 Å². The molecule has 0 radical (unpaired) electrons. The summed E-state index contributed by atoms with van der Waals surface area (Å²) in [5.41, 5.74) is 14.9. The molecule has 1 aliphatic rings. The van der Waals surface area contributed by atoms with E-state index in [1.54, 1.807) is 31.3 Å². The molecule has 16 nitrogen and oxygen atoms in total. The number of amides is 1. The zero-order valence-corrected chi connectivity index (χ0v) is 27.3. The molecular formula is C34H38N8O8. The third-order valence-corrected chi connectivity index (χ3v) is 8.55. The first-order valence-electron chi connectivity index (χ1n) is 16.0. The van der Waals surface area contributed by atoms with Crippen molar-refractivity contribution < 1.29 is 39.2 Å². The Morgan fingerprint density at radius 1 is 1.02 bits per heavy atom. The summed E-state index contributed by atoms with van der Waals surface area (Å²) < 4.78 is 5.34. The second kappa shape index (κ2) is 15.4. The molecule has 2 aromatic heterocycles. The third-order valence-electron chi connectivity index (χ3n) is 8.55. The number of esters is 1. The van der Waals surface area contributed by atoms with Gasteiger partial charge in [-0.1, -0.05) is 25.0 Å². The molecule has 16 heteroatoms. The number of phenolic OH excluding ortho intramolecular Hbond substituents is 1. The van der Waals surface area contributed by atoms with E-state index in [2.05, 4.69) is 25.3 Å². The number of fused-ring (bicyclic) bond motifs is 1. The molecule has 0 bridgehead atoms. The maximum Gasteiger partial charge on any atom is 0.345 e. The zero-order chi connectivity index (χ0) is 35.9. The molecule has 5 rings (SSSR count). The number of anilines is 3. The van der Waals surface area contributed by atoms with Gasteiger partial charge in [0.15, 0.2) is 17.0 Å². The number of nitrogen functional groups attached to an aromatic ring is 2. The molecule has 0 aliphatic heterocycles. The Morgan fingerprint density at radius 3 is 2.42 bits per heavy atom. The van der Waals surface area contributed by atoms with Crippen molar-refractivity contribution in [1.29, 1.82) is 0 Å². The number of aromatic hydroxyl groups is 1. The average Bonchev–Trinajstić information content (AvgIpc) is 3.62. The van der Waals surface area contributed by atoms with Crippen molar-refractivity contribution in [1.82, 2.24) is 25.3 Å². The van der Waals surface area contributed by atoms with E-state index >= 15 is 0 Å². The molecule has 4 aromatic rings. The summed E-state index contributed by atoms with van der Waals surface area (Å²) in [6.07, 6.45) is 2.85. The Kier molecular flexibility index (Phi) is 10.9. The predicted molar refractivity (Wildman–Crippen MR) is 181 cm³/mol. The number of carboxylic acids is 2. The van der Waals surface area contributed by atoms with Gasteiger partial charge in [0.2, 0.25) is 12.1 Å². The largest absolute Gasteiger partial charge is 0.508 e. The number of carbonyl (C=O) groups excluding carboxylic acids is 2. The van der Waals surface area contributed by atoms with E-state index in [9.17, 15) is 34.5 Å². The van der Waals surface area contributed by atoms with Crippen molar-refractivity contribution in [2.75, 3.05) is 23.4 Å². The van der Waals surface area contributed by atoms with Crippen LogP contribution in [-0.2, 0) is 32.1 Å². The standard InChI is InChI=1S/C34H38N8O8/c1-42(17-21-16-37-30-28(38-21)29(35)40-34(36)41-30)22-9-7-20(8-10-22)31(46)39-24(11-13-27(44)45)33(49)50-26(32(47)48)15-18-6-12-25(43)23(14-18)19-4-2-3-5-19/h6-10,12,14,16,19,24,26,43H,2-5,11,13,15,17H2,1H3,(H,39,46)(H,44,45)(H,47,48)(H4,35,36,37,40,41)/t24-,26-/m0/s1. The van der Waals surface area contributed by atoms with Crippen LogP contribution in [0.3, 0.4) is 0 Å². The van der Waals surface area contributed by atoms with Crippen LogP contribution in [0.2, 0.25) is 0 Å². The summed E-state index contributed by atoms with van der Waals surface area (Å²) >= 11 is 0. The first-order valence-corrected chi connectivity index (χ1v) is 16.0. The molecule has 1 saturated carbocycles. The number of benzene rings is 2. The van der Waals surface area contributed by atoms with Gasteiger partial charge < -0.3 is 41.7 Å². The first kappa shape index (κ1) is 35.3. The lowest BCUT2D eigenvalue weighted by molar-refractivity contribution is -0.165. The highest BCUT2D eigenvalue weighted by molar-refractivity contribution is 5.97. The van der Waals surface area contributed by atoms with Gasteiger partial charge in [-0.3, -0.25) is 9.59 Å². The van der Waals surface area contributed by atoms with Crippen LogP contribution in [0.5, 0.6) is 5.75 Å². The molecular weight excluding hydrogens is 648 g/mol. The van der Waals surface area contributed by atoms with Crippen LogP contribution in [0.25, 0.3) is 11.2 Å². The minimum absolute atomic E-state index is 0.00825. The smallest absolute Gasteiger partial charge is 0.345 e. The van der Waals surface area contributed by atoms with Crippen molar-refractivity contribution in [3.05, 3.63) is 71.0 Å². The molecule has 1 aliphatic carbocycles. The Bertz CT molecular complexity index is 1900. The number of carboxylic acid groups (broad SMARTS) is 2. The fraction of sp³-hybridized carbons (Fsp3) is 0.353. The van der Waals surface area contributed by atoms with E-state index in [1.165, 1.54) is 24.4 Å². The minimum Gasteiger partial charge on any atom is -0.508 e. The summed E-state index contributed by atoms with van der Waals surface area (Å²) in [4.78, 5) is 68.4. The van der Waals surface area contributed by atoms with Crippen LogP contribution in [-0.4, -0.2) is 78.3 Å². The molecule has 262 valence electrons. The maximum atomic E-state index is 13.2. The predicted octanol–water partition coefficient (Wildman–Crippen LogP) is 2.79. The second-order valence-electron chi connectivity index (χ2n) is 12.2. The summed E-state index contributed by atoms with van der Waals surface area (Å²) in [5.74, 6) is -3.99. The van der Waals surface area contributed by atoms with Crippen molar-refractivity contribution in [3.8, 4) is 5.75 Å². The van der Waals surface area contributed by atoms with Gasteiger partial charge in [0.1, 0.15) is 11.8 Å². The van der Waals surface area contributed by atoms with Gasteiger partial charge in [-0.25, -0.2) is 19.6 Å². The van der Waals surface area contributed by atoms with E-state index in [-0.39, 0.29) is 47.5 Å². The number of ether oxygens (including phenoxy) is 1. The Labute approximate surface area is 286 Å². The lowest BCUT2D eigenvalue weighted by Gasteiger charge is -2.21. The normalized spacial score (nSPS) is 14.2. The molecule has 1 amide bonds. The van der Waals surface area contributed by atoms with Crippen LogP contribution in [0, 0.1) is 0 Å². The number of phenols is 1. The average molecular weight is 687 g/mol. The molecule has 2 aromatic carbocycles. The third kappa shape index (κ3) is 8.69. The number of nitrogens with two attached hydrogens (primary N) is 2. The summed E-state index contributed by atoms with van der Waals surface area (Å²) in [6.45, 7) is 0.318. The zero-order valence-electron chi connectivity index (χ0n) is 27.3. The number of nitrogens with one attached hydrogen (secondary N) is 1. The molecule has 0 spiro atoms. The van der Waals surface area contributed by atoms with Crippen molar-refractivity contribution in [2.24, 2.45) is 0 Å². The van der Waals surface area contributed by atoms with Crippen molar-refractivity contribution in [3.63, 3.8) is 0 Å². The molecule has 2 atom stereocenters. The number of nitrogens with zero attached hydrogens (tertiary/aromatic N) is 5. The number of aromatic nitrogens is 4. The second-order valence-corrected chi connectivity index (χ2v) is 12.2. The van der Waals surface area contributed by atoms with Crippen LogP contribution < -0.4 is 21.7 Å². The highest BCUT2D eigenvalue weighted by Crippen LogP contribution is 2.39. The van der Waals surface area contributed by atoms with Gasteiger partial charge in [0.25, 0.3) is 5.91 Å². The van der Waals surface area contributed by atoms with E-state index in [1.807, 2.05) is 4.90 Å². The summed E-state index contributed by atoms with van der Waals surface area (Å²) in [7, 11) is 1.80. The van der Waals surface area contributed by atoms with Gasteiger partial charge >= 0.3 is 17.9 Å². The molecule has 0 saturated heterocycles. The van der Waals surface area contributed by atoms with Crippen molar-refractivity contribution in [2.45, 2.75) is 69.6 Å². The number of hydrogen-bond acceptors (Lipinski definition) is 13. The van der Waals surface area contributed by atoms with Gasteiger partial charge in [-0.15, -0.1) is 0 Å². The number of hydrogen-bond donors (Lipinski definition) is 6. The topological polar surface area (TPSA) is 257 Å². The highest BCUT2D eigenvalue weighted by atomic mass is 16.6. The summed E-state index contributed by atoms with van der Waals surface area (Å²) in [5, 5.41) is 32.0. The fourth-order valence-corrected chi connectivity index (χ4v) is 5.93. The molecule has 1 fully saturated rings. The van der Waals surface area contributed by atoms with E-state index in [0.717, 1.165) is 31.2 Å². The van der Waals surface area contributed by atoms with Crippen LogP contribution in [0.4, 0.5) is 17.5 Å². The Balaban J connectivity index is 1.24. The Morgan fingerprint density at radius 2 is 1.74 bits per heavy atom. The Hall–Kier alpha value is -6.06. The minimum atomic E-state index is -1.61. The van der Waals surface area contributed by atoms with E-state index in [4.69, 9.17) is 16.2 Å². The van der Waals surface area contributed by atoms with E-state index < -0.39 is 42.4 Å². The SMILES string of the molecule is CN(Cc1cnc2nc(N)nc(N)c2n1)c1ccc(C(=O)N[C@@H](CCC(=O)O)C(=O)O[C@@H](Cc2ccc(O)c(C3CCCC3)c2)C(=O)O)cc1. The molecule has 50 heavy (non-hydrogen) atoms. The van der Waals surface area contributed by atoms with Crippen LogP contribution in [0.1, 0.15) is 71.6 Å². The molecule has 2 heterocycles. The van der Waals surface area contributed by atoms with Crippen molar-refractivity contribution >= 4 is 52.4 Å². The monoisotopic (exact) mass is 686 g/mol.